The van der Waals surface area contributed by atoms with Gasteiger partial charge in [-0.2, -0.15) is 0 Å². The Morgan fingerprint density at radius 2 is 1.39 bits per heavy atom. The van der Waals surface area contributed by atoms with Crippen molar-refractivity contribution in [3.05, 3.63) is 101 Å². The van der Waals surface area contributed by atoms with Crippen molar-refractivity contribution in [1.29, 1.82) is 0 Å². The molecule has 4 rings (SSSR count). The lowest BCUT2D eigenvalue weighted by molar-refractivity contribution is -0.140. The number of ether oxygens (including phenoxy) is 1. The van der Waals surface area contributed by atoms with E-state index in [0.717, 1.165) is 24.4 Å². The van der Waals surface area contributed by atoms with Crippen molar-refractivity contribution in [2.24, 2.45) is 0 Å². The number of amides is 1. The molecular weight excluding hydrogens is 408 g/mol. The summed E-state index contributed by atoms with van der Waals surface area (Å²) in [6.45, 7) is 9.22. The Morgan fingerprint density at radius 1 is 0.818 bits per heavy atom. The van der Waals surface area contributed by atoms with Crippen LogP contribution in [0.1, 0.15) is 41.6 Å². The van der Waals surface area contributed by atoms with Crippen LogP contribution in [0.4, 0.5) is 0 Å². The van der Waals surface area contributed by atoms with Crippen molar-refractivity contribution >= 4 is 5.91 Å². The summed E-state index contributed by atoms with van der Waals surface area (Å²) in [7, 11) is 0. The SMILES string of the molecule is CC[C@@H](Oc1cccc(C)c1C)C(=O)N1CCN(C(c2ccccc2)c2ccccc2)CC1. The maximum Gasteiger partial charge on any atom is 0.263 e. The lowest BCUT2D eigenvalue weighted by atomic mass is 9.96. The van der Waals surface area contributed by atoms with Crippen LogP contribution in [-0.2, 0) is 4.79 Å². The summed E-state index contributed by atoms with van der Waals surface area (Å²) < 4.78 is 6.20. The molecule has 0 unspecified atom stereocenters. The molecule has 0 N–H and O–H groups in total. The number of carbonyl (C=O) groups is 1. The van der Waals surface area contributed by atoms with Crippen LogP contribution in [0.3, 0.4) is 0 Å². The Balaban J connectivity index is 1.45. The molecule has 0 aromatic heterocycles. The molecule has 172 valence electrons. The smallest absolute Gasteiger partial charge is 0.263 e. The quantitative estimate of drug-likeness (QED) is 0.491. The molecule has 4 heteroatoms. The number of nitrogens with zero attached hydrogens (tertiary/aromatic N) is 2. The minimum absolute atomic E-state index is 0.0917. The fourth-order valence-electron chi connectivity index (χ4n) is 4.60. The van der Waals surface area contributed by atoms with Crippen LogP contribution < -0.4 is 4.74 Å². The Bertz CT molecular complexity index is 1000. The minimum atomic E-state index is -0.448. The molecule has 3 aromatic carbocycles. The maximum atomic E-state index is 13.3. The van der Waals surface area contributed by atoms with Crippen LogP contribution in [-0.4, -0.2) is 48.0 Å². The highest BCUT2D eigenvalue weighted by molar-refractivity contribution is 5.81. The van der Waals surface area contributed by atoms with E-state index in [1.165, 1.54) is 16.7 Å². The van der Waals surface area contributed by atoms with E-state index in [4.69, 9.17) is 4.74 Å². The third-order valence-electron chi connectivity index (χ3n) is 6.69. The molecule has 0 radical (unpaired) electrons. The summed E-state index contributed by atoms with van der Waals surface area (Å²) in [4.78, 5) is 17.8. The summed E-state index contributed by atoms with van der Waals surface area (Å²) in [5.74, 6) is 0.899. The number of hydrogen-bond donors (Lipinski definition) is 0. The van der Waals surface area contributed by atoms with E-state index in [2.05, 4.69) is 78.6 Å². The predicted octanol–water partition coefficient (Wildman–Crippen LogP) is 5.39. The lowest BCUT2D eigenvalue weighted by Crippen LogP contribution is -2.53. The first-order chi connectivity index (χ1) is 16.1. The zero-order chi connectivity index (χ0) is 23.2. The summed E-state index contributed by atoms with van der Waals surface area (Å²) in [5.41, 5.74) is 4.85. The van der Waals surface area contributed by atoms with E-state index < -0.39 is 6.10 Å². The summed E-state index contributed by atoms with van der Waals surface area (Å²) in [6.07, 6.45) is 0.208. The van der Waals surface area contributed by atoms with Gasteiger partial charge in [0, 0.05) is 26.2 Å². The van der Waals surface area contributed by atoms with Gasteiger partial charge in [0.25, 0.3) is 5.91 Å². The normalized spacial score (nSPS) is 15.5. The van der Waals surface area contributed by atoms with E-state index >= 15 is 0 Å². The highest BCUT2D eigenvalue weighted by Crippen LogP contribution is 2.30. The number of rotatable bonds is 7. The van der Waals surface area contributed by atoms with Crippen LogP contribution in [0.25, 0.3) is 0 Å². The molecule has 33 heavy (non-hydrogen) atoms. The van der Waals surface area contributed by atoms with Gasteiger partial charge in [-0.15, -0.1) is 0 Å². The Morgan fingerprint density at radius 3 is 1.94 bits per heavy atom. The van der Waals surface area contributed by atoms with Crippen LogP contribution in [0, 0.1) is 13.8 Å². The van der Waals surface area contributed by atoms with E-state index in [9.17, 15) is 4.79 Å². The zero-order valence-electron chi connectivity index (χ0n) is 19.9. The molecule has 1 aliphatic heterocycles. The first-order valence-electron chi connectivity index (χ1n) is 11.9. The zero-order valence-corrected chi connectivity index (χ0v) is 19.9. The molecule has 1 atom stereocenters. The third-order valence-corrected chi connectivity index (χ3v) is 6.69. The maximum absolute atomic E-state index is 13.3. The molecule has 1 aliphatic rings. The second-order valence-electron chi connectivity index (χ2n) is 8.80. The standard InChI is InChI=1S/C29H34N2O2/c1-4-26(33-27-17-11-12-22(2)23(27)3)29(32)31-20-18-30(19-21-31)28(24-13-7-5-8-14-24)25-15-9-6-10-16-25/h5-17,26,28H,4,18-21H2,1-3H3/t26-/m1/s1. The van der Waals surface area contributed by atoms with E-state index in [-0.39, 0.29) is 11.9 Å². The van der Waals surface area contributed by atoms with Gasteiger partial charge in [0.15, 0.2) is 6.10 Å². The Labute approximate surface area is 197 Å². The molecule has 0 aliphatic carbocycles. The fraction of sp³-hybridized carbons (Fsp3) is 0.345. The average Bonchev–Trinajstić information content (AvgIpc) is 2.86. The summed E-state index contributed by atoms with van der Waals surface area (Å²) >= 11 is 0. The molecular formula is C29H34N2O2. The van der Waals surface area contributed by atoms with Crippen LogP contribution >= 0.6 is 0 Å². The van der Waals surface area contributed by atoms with Gasteiger partial charge in [-0.05, 0) is 48.6 Å². The van der Waals surface area contributed by atoms with E-state index in [0.29, 0.717) is 19.5 Å². The highest BCUT2D eigenvalue weighted by atomic mass is 16.5. The van der Waals surface area contributed by atoms with Gasteiger partial charge < -0.3 is 9.64 Å². The molecule has 1 amide bonds. The molecule has 1 saturated heterocycles. The first-order valence-corrected chi connectivity index (χ1v) is 11.9. The number of hydrogen-bond acceptors (Lipinski definition) is 3. The van der Waals surface area contributed by atoms with Gasteiger partial charge in [0.2, 0.25) is 0 Å². The van der Waals surface area contributed by atoms with Gasteiger partial charge in [-0.3, -0.25) is 9.69 Å². The second kappa shape index (κ2) is 10.7. The van der Waals surface area contributed by atoms with Gasteiger partial charge >= 0.3 is 0 Å². The van der Waals surface area contributed by atoms with E-state index in [1.807, 2.05) is 30.9 Å². The highest BCUT2D eigenvalue weighted by Gasteiger charge is 2.31. The molecule has 1 fully saturated rings. The van der Waals surface area contributed by atoms with Gasteiger partial charge in [0.1, 0.15) is 5.75 Å². The molecule has 0 spiro atoms. The second-order valence-corrected chi connectivity index (χ2v) is 8.80. The molecule has 0 saturated carbocycles. The monoisotopic (exact) mass is 442 g/mol. The number of carbonyl (C=O) groups excluding carboxylic acids is 1. The van der Waals surface area contributed by atoms with E-state index in [1.54, 1.807) is 0 Å². The van der Waals surface area contributed by atoms with Crippen molar-refractivity contribution in [2.45, 2.75) is 39.3 Å². The topological polar surface area (TPSA) is 32.8 Å². The minimum Gasteiger partial charge on any atom is -0.480 e. The molecule has 0 bridgehead atoms. The largest absolute Gasteiger partial charge is 0.480 e. The molecule has 3 aromatic rings. The van der Waals surface area contributed by atoms with Crippen LogP contribution in [0.5, 0.6) is 5.75 Å². The van der Waals surface area contributed by atoms with Crippen molar-refractivity contribution in [1.82, 2.24) is 9.80 Å². The predicted molar refractivity (Wildman–Crippen MR) is 134 cm³/mol. The number of benzene rings is 3. The van der Waals surface area contributed by atoms with Crippen LogP contribution in [0.15, 0.2) is 78.9 Å². The molecule has 1 heterocycles. The Kier molecular flexibility index (Phi) is 7.46. The summed E-state index contributed by atoms with van der Waals surface area (Å²) in [5, 5.41) is 0. The van der Waals surface area contributed by atoms with Gasteiger partial charge in [-0.1, -0.05) is 79.7 Å². The van der Waals surface area contributed by atoms with Gasteiger partial charge in [-0.25, -0.2) is 0 Å². The number of aryl methyl sites for hydroxylation is 1. The summed E-state index contributed by atoms with van der Waals surface area (Å²) in [6, 6.07) is 27.5. The Hall–Kier alpha value is -3.11. The average molecular weight is 443 g/mol. The number of piperazine rings is 1. The fourth-order valence-corrected chi connectivity index (χ4v) is 4.60. The first kappa shape index (κ1) is 23.1. The van der Waals surface area contributed by atoms with Crippen molar-refractivity contribution < 1.29 is 9.53 Å². The molecule has 4 nitrogen and oxygen atoms in total. The van der Waals surface area contributed by atoms with Crippen molar-refractivity contribution in [3.63, 3.8) is 0 Å². The lowest BCUT2D eigenvalue weighted by Gasteiger charge is -2.40. The van der Waals surface area contributed by atoms with Crippen LogP contribution in [0.2, 0.25) is 0 Å². The van der Waals surface area contributed by atoms with Gasteiger partial charge in [0.05, 0.1) is 6.04 Å². The van der Waals surface area contributed by atoms with Crippen molar-refractivity contribution in [2.75, 3.05) is 26.2 Å². The van der Waals surface area contributed by atoms with Crippen molar-refractivity contribution in [3.8, 4) is 5.75 Å². The third kappa shape index (κ3) is 5.28.